The summed E-state index contributed by atoms with van der Waals surface area (Å²) in [5, 5.41) is 0. The molecule has 0 saturated carbocycles. The van der Waals surface area contributed by atoms with E-state index in [4.69, 9.17) is 8.85 Å². The monoisotopic (exact) mass is 318 g/mol. The summed E-state index contributed by atoms with van der Waals surface area (Å²) >= 11 is 0. The first-order valence-electron chi connectivity index (χ1n) is 7.78. The van der Waals surface area contributed by atoms with Crippen molar-refractivity contribution in [1.82, 2.24) is 9.47 Å². The molecule has 0 aromatic heterocycles. The standard InChI is InChI=1S/C14H34N2O2Si2/c1-14(13-20(7,17-2)18-3)12-15-8-10-16(11-9-15)19(4,5)6/h14H,8-13H2,1-7H3. The van der Waals surface area contributed by atoms with Crippen LogP contribution in [0.5, 0.6) is 0 Å². The lowest BCUT2D eigenvalue weighted by Crippen LogP contribution is -2.56. The van der Waals surface area contributed by atoms with Gasteiger partial charge in [0.1, 0.15) is 8.24 Å². The Labute approximate surface area is 127 Å². The Kier molecular flexibility index (Phi) is 6.88. The van der Waals surface area contributed by atoms with Crippen LogP contribution in [-0.4, -0.2) is 73.2 Å². The molecule has 0 aromatic rings. The summed E-state index contributed by atoms with van der Waals surface area (Å²) < 4.78 is 13.9. The van der Waals surface area contributed by atoms with E-state index in [1.807, 2.05) is 0 Å². The first-order chi connectivity index (χ1) is 9.20. The Morgan fingerprint density at radius 3 is 1.85 bits per heavy atom. The Hall–Kier alpha value is 0.274. The second kappa shape index (κ2) is 7.51. The van der Waals surface area contributed by atoms with Gasteiger partial charge in [0.15, 0.2) is 0 Å². The smallest absolute Gasteiger partial charge is 0.334 e. The van der Waals surface area contributed by atoms with E-state index in [2.05, 4.69) is 42.6 Å². The van der Waals surface area contributed by atoms with E-state index in [9.17, 15) is 0 Å². The predicted molar refractivity (Wildman–Crippen MR) is 91.0 cm³/mol. The molecule has 1 aliphatic heterocycles. The quantitative estimate of drug-likeness (QED) is 0.673. The SMILES string of the molecule is CO[Si](C)(CC(C)CN1CCN([Si](C)(C)C)CC1)OC. The van der Waals surface area contributed by atoms with Gasteiger partial charge in [-0.25, -0.2) is 0 Å². The summed E-state index contributed by atoms with van der Waals surface area (Å²) in [6.07, 6.45) is 0. The summed E-state index contributed by atoms with van der Waals surface area (Å²) in [5.41, 5.74) is 0. The molecule has 0 amide bonds. The highest BCUT2D eigenvalue weighted by Crippen LogP contribution is 2.20. The highest BCUT2D eigenvalue weighted by atomic mass is 28.4. The zero-order chi connectivity index (χ0) is 15.4. The van der Waals surface area contributed by atoms with E-state index in [1.54, 1.807) is 14.2 Å². The maximum Gasteiger partial charge on any atom is 0.334 e. The fourth-order valence-electron chi connectivity index (χ4n) is 2.99. The topological polar surface area (TPSA) is 24.9 Å². The first kappa shape index (κ1) is 18.3. The summed E-state index contributed by atoms with van der Waals surface area (Å²) in [5.74, 6) is 0.644. The van der Waals surface area contributed by atoms with Crippen molar-refractivity contribution < 1.29 is 8.85 Å². The number of nitrogens with zero attached hydrogens (tertiary/aromatic N) is 2. The highest BCUT2D eigenvalue weighted by molar-refractivity contribution is 6.73. The van der Waals surface area contributed by atoms with E-state index in [1.165, 1.54) is 32.7 Å². The van der Waals surface area contributed by atoms with E-state index in [-0.39, 0.29) is 0 Å². The molecule has 20 heavy (non-hydrogen) atoms. The van der Waals surface area contributed by atoms with Crippen molar-refractivity contribution in [1.29, 1.82) is 0 Å². The van der Waals surface area contributed by atoms with Gasteiger partial charge in [-0.2, -0.15) is 0 Å². The molecule has 1 aliphatic rings. The van der Waals surface area contributed by atoms with Gasteiger partial charge in [0, 0.05) is 46.9 Å². The Morgan fingerprint density at radius 2 is 1.45 bits per heavy atom. The second-order valence-electron chi connectivity index (χ2n) is 7.31. The van der Waals surface area contributed by atoms with Crippen LogP contribution in [-0.2, 0) is 8.85 Å². The molecule has 1 atom stereocenters. The van der Waals surface area contributed by atoms with Gasteiger partial charge < -0.3 is 18.3 Å². The maximum atomic E-state index is 5.60. The molecular formula is C14H34N2O2Si2. The van der Waals surface area contributed by atoms with Gasteiger partial charge in [-0.15, -0.1) is 0 Å². The summed E-state index contributed by atoms with van der Waals surface area (Å²) in [6.45, 7) is 17.9. The fraction of sp³-hybridized carbons (Fsp3) is 1.00. The van der Waals surface area contributed by atoms with Crippen LogP contribution in [0.1, 0.15) is 6.92 Å². The van der Waals surface area contributed by atoms with Crippen LogP contribution in [0, 0.1) is 5.92 Å². The van der Waals surface area contributed by atoms with E-state index >= 15 is 0 Å². The Morgan fingerprint density at radius 1 is 0.950 bits per heavy atom. The molecule has 0 aliphatic carbocycles. The number of rotatable bonds is 7. The number of piperazine rings is 1. The lowest BCUT2D eigenvalue weighted by molar-refractivity contribution is 0.162. The van der Waals surface area contributed by atoms with Gasteiger partial charge in [-0.05, 0) is 18.5 Å². The largest absolute Gasteiger partial charge is 0.398 e. The minimum absolute atomic E-state index is 0.644. The molecule has 0 N–H and O–H groups in total. The number of hydrogen-bond acceptors (Lipinski definition) is 4. The lowest BCUT2D eigenvalue weighted by atomic mass is 10.2. The third kappa shape index (κ3) is 5.57. The lowest BCUT2D eigenvalue weighted by Gasteiger charge is -2.42. The number of hydrogen-bond donors (Lipinski definition) is 0. The minimum Gasteiger partial charge on any atom is -0.398 e. The zero-order valence-electron chi connectivity index (χ0n) is 14.5. The molecule has 120 valence electrons. The van der Waals surface area contributed by atoms with Crippen LogP contribution in [0.3, 0.4) is 0 Å². The fourth-order valence-corrected chi connectivity index (χ4v) is 6.43. The van der Waals surface area contributed by atoms with Gasteiger partial charge >= 0.3 is 8.56 Å². The van der Waals surface area contributed by atoms with Gasteiger partial charge in [-0.3, -0.25) is 0 Å². The van der Waals surface area contributed by atoms with Crippen LogP contribution in [0.25, 0.3) is 0 Å². The maximum absolute atomic E-state index is 5.60. The molecule has 0 radical (unpaired) electrons. The predicted octanol–water partition coefficient (Wildman–Crippen LogP) is 2.44. The Bertz CT molecular complexity index is 285. The van der Waals surface area contributed by atoms with Crippen molar-refractivity contribution >= 4 is 16.8 Å². The summed E-state index contributed by atoms with van der Waals surface area (Å²) in [7, 11) is 0.553. The molecule has 4 nitrogen and oxygen atoms in total. The van der Waals surface area contributed by atoms with Gasteiger partial charge in [0.05, 0.1) is 0 Å². The van der Waals surface area contributed by atoms with Gasteiger partial charge in [0.2, 0.25) is 0 Å². The second-order valence-corrected chi connectivity index (χ2v) is 15.8. The summed E-state index contributed by atoms with van der Waals surface area (Å²) in [6, 6.07) is 1.08. The van der Waals surface area contributed by atoms with Crippen LogP contribution in [0.4, 0.5) is 0 Å². The molecule has 0 aromatic carbocycles. The molecule has 1 unspecified atom stereocenters. The third-order valence-corrected chi connectivity index (χ3v) is 9.98. The first-order valence-corrected chi connectivity index (χ1v) is 13.7. The molecule has 6 heteroatoms. The zero-order valence-corrected chi connectivity index (χ0v) is 16.5. The van der Waals surface area contributed by atoms with Crippen molar-refractivity contribution in [2.45, 2.75) is 39.2 Å². The molecule has 1 fully saturated rings. The average molecular weight is 319 g/mol. The minimum atomic E-state index is -1.92. The van der Waals surface area contributed by atoms with Gasteiger partial charge in [-0.1, -0.05) is 26.6 Å². The molecule has 1 rings (SSSR count). The average Bonchev–Trinajstić information content (AvgIpc) is 2.38. The Balaban J connectivity index is 2.37. The van der Waals surface area contributed by atoms with Crippen LogP contribution in [0.2, 0.25) is 32.2 Å². The van der Waals surface area contributed by atoms with E-state index < -0.39 is 16.8 Å². The molecule has 1 heterocycles. The molecule has 0 bridgehead atoms. The van der Waals surface area contributed by atoms with Crippen molar-refractivity contribution in [3.63, 3.8) is 0 Å². The van der Waals surface area contributed by atoms with Crippen molar-refractivity contribution in [3.05, 3.63) is 0 Å². The van der Waals surface area contributed by atoms with Crippen molar-refractivity contribution in [3.8, 4) is 0 Å². The van der Waals surface area contributed by atoms with Crippen LogP contribution in [0.15, 0.2) is 0 Å². The summed E-state index contributed by atoms with van der Waals surface area (Å²) in [4.78, 5) is 2.61. The van der Waals surface area contributed by atoms with Crippen LogP contribution >= 0.6 is 0 Å². The van der Waals surface area contributed by atoms with E-state index in [0.29, 0.717) is 5.92 Å². The third-order valence-electron chi connectivity index (χ3n) is 4.47. The van der Waals surface area contributed by atoms with E-state index in [0.717, 1.165) is 6.04 Å². The normalized spacial score (nSPS) is 21.1. The van der Waals surface area contributed by atoms with Crippen molar-refractivity contribution in [2.24, 2.45) is 5.92 Å². The molecular weight excluding hydrogens is 284 g/mol. The molecule has 0 spiro atoms. The highest BCUT2D eigenvalue weighted by Gasteiger charge is 2.33. The molecule has 1 saturated heterocycles. The van der Waals surface area contributed by atoms with Crippen LogP contribution < -0.4 is 0 Å². The van der Waals surface area contributed by atoms with Gasteiger partial charge in [0.25, 0.3) is 0 Å². The van der Waals surface area contributed by atoms with Crippen molar-refractivity contribution in [2.75, 3.05) is 46.9 Å².